The number of halogens is 2. The lowest BCUT2D eigenvalue weighted by molar-refractivity contribution is -0.116. The van der Waals surface area contributed by atoms with E-state index in [0.29, 0.717) is 32.9 Å². The van der Waals surface area contributed by atoms with Crippen LogP contribution in [0, 0.1) is 5.82 Å². The summed E-state index contributed by atoms with van der Waals surface area (Å²) in [6.07, 6.45) is 1.44. The third kappa shape index (κ3) is 5.02. The van der Waals surface area contributed by atoms with E-state index in [1.54, 1.807) is 53.1 Å². The van der Waals surface area contributed by atoms with Gasteiger partial charge in [-0.15, -0.1) is 0 Å². The summed E-state index contributed by atoms with van der Waals surface area (Å²) in [5, 5.41) is 3.67. The van der Waals surface area contributed by atoms with E-state index in [0.717, 1.165) is 0 Å². The topological polar surface area (TPSA) is 77.4 Å². The fraction of sp³-hybridized carbons (Fsp3) is 0.125. The molecule has 33 heavy (non-hydrogen) atoms. The third-order valence-electron chi connectivity index (χ3n) is 5.08. The molecule has 3 aromatic carbocycles. The van der Waals surface area contributed by atoms with Crippen molar-refractivity contribution in [2.75, 3.05) is 12.4 Å². The van der Waals surface area contributed by atoms with Crippen molar-refractivity contribution in [3.05, 3.63) is 89.3 Å². The number of ether oxygens (including phenoxy) is 1. The highest BCUT2D eigenvalue weighted by Gasteiger charge is 2.23. The van der Waals surface area contributed by atoms with E-state index in [1.165, 1.54) is 31.5 Å². The van der Waals surface area contributed by atoms with Gasteiger partial charge in [0.25, 0.3) is 0 Å². The van der Waals surface area contributed by atoms with E-state index in [-0.39, 0.29) is 23.1 Å². The molecule has 0 unspecified atom stereocenters. The Balaban J connectivity index is 1.65. The Morgan fingerprint density at radius 2 is 1.88 bits per heavy atom. The number of nitrogens with one attached hydrogen (secondary N) is 1. The first-order valence-corrected chi connectivity index (χ1v) is 12.0. The van der Waals surface area contributed by atoms with Gasteiger partial charge in [0, 0.05) is 22.1 Å². The van der Waals surface area contributed by atoms with Crippen LogP contribution in [0.5, 0.6) is 5.75 Å². The van der Waals surface area contributed by atoms with Gasteiger partial charge < -0.3 is 14.6 Å². The highest BCUT2D eigenvalue weighted by atomic mass is 35.5. The first kappa shape index (κ1) is 22.8. The molecule has 0 bridgehead atoms. The molecular formula is C24H20ClFN2O4S. The first-order valence-electron chi connectivity index (χ1n) is 9.95. The average Bonchev–Trinajstić information content (AvgIpc) is 3.13. The van der Waals surface area contributed by atoms with Gasteiger partial charge in [-0.2, -0.15) is 0 Å². The molecule has 0 saturated heterocycles. The van der Waals surface area contributed by atoms with Crippen LogP contribution in [0.2, 0.25) is 5.02 Å². The second-order valence-electron chi connectivity index (χ2n) is 7.42. The van der Waals surface area contributed by atoms with Crippen LogP contribution in [0.1, 0.15) is 5.56 Å². The molecule has 1 amide bonds. The Kier molecular flexibility index (Phi) is 6.40. The maximum atomic E-state index is 13.5. The van der Waals surface area contributed by atoms with Gasteiger partial charge in [-0.1, -0.05) is 41.9 Å². The van der Waals surface area contributed by atoms with Crippen molar-refractivity contribution in [1.82, 2.24) is 4.57 Å². The molecule has 170 valence electrons. The number of rotatable bonds is 7. The molecule has 0 spiro atoms. The summed E-state index contributed by atoms with van der Waals surface area (Å²) in [6, 6.07) is 17.3. The summed E-state index contributed by atoms with van der Waals surface area (Å²) in [4.78, 5) is 12.8. The van der Waals surface area contributed by atoms with E-state index < -0.39 is 15.7 Å². The number of fused-ring (bicyclic) bond motifs is 1. The number of carbonyl (C=O) groups excluding carboxylic acids is 1. The number of benzene rings is 3. The zero-order valence-electron chi connectivity index (χ0n) is 17.6. The summed E-state index contributed by atoms with van der Waals surface area (Å²) in [6.45, 7) is -0.133. The molecule has 0 aliphatic rings. The number of hydrogen-bond donors (Lipinski definition) is 1. The van der Waals surface area contributed by atoms with Crippen molar-refractivity contribution in [3.8, 4) is 5.75 Å². The summed E-state index contributed by atoms with van der Waals surface area (Å²) in [5.74, 6) is -0.794. The van der Waals surface area contributed by atoms with E-state index in [1.807, 2.05) is 0 Å². The predicted molar refractivity (Wildman–Crippen MR) is 126 cm³/mol. The van der Waals surface area contributed by atoms with Crippen molar-refractivity contribution in [2.24, 2.45) is 0 Å². The Morgan fingerprint density at radius 3 is 2.64 bits per heavy atom. The lowest BCUT2D eigenvalue weighted by Crippen LogP contribution is -2.18. The number of para-hydroxylation sites is 1. The summed E-state index contributed by atoms with van der Waals surface area (Å²) in [7, 11) is -2.32. The molecule has 0 fully saturated rings. The zero-order valence-corrected chi connectivity index (χ0v) is 19.2. The van der Waals surface area contributed by atoms with Crippen LogP contribution in [-0.4, -0.2) is 26.0 Å². The van der Waals surface area contributed by atoms with Gasteiger partial charge in [0.15, 0.2) is 9.84 Å². The Bertz CT molecular complexity index is 1450. The van der Waals surface area contributed by atoms with Gasteiger partial charge in [-0.25, -0.2) is 12.8 Å². The largest absolute Gasteiger partial charge is 0.495 e. The molecule has 0 aliphatic carbocycles. The molecule has 4 rings (SSSR count). The first-order chi connectivity index (χ1) is 15.8. The number of carbonyl (C=O) groups is 1. The van der Waals surface area contributed by atoms with Crippen molar-refractivity contribution < 1.29 is 22.3 Å². The van der Waals surface area contributed by atoms with Crippen molar-refractivity contribution in [2.45, 2.75) is 17.2 Å². The smallest absolute Gasteiger partial charge is 0.244 e. The molecule has 9 heteroatoms. The van der Waals surface area contributed by atoms with Gasteiger partial charge >= 0.3 is 0 Å². The van der Waals surface area contributed by atoms with Crippen LogP contribution in [0.15, 0.2) is 77.8 Å². The molecule has 0 aliphatic heterocycles. The minimum Gasteiger partial charge on any atom is -0.495 e. The highest BCUT2D eigenvalue weighted by Crippen LogP contribution is 2.30. The van der Waals surface area contributed by atoms with Gasteiger partial charge in [0.1, 0.15) is 18.1 Å². The maximum Gasteiger partial charge on any atom is 0.244 e. The minimum absolute atomic E-state index is 0.0792. The molecule has 1 N–H and O–H groups in total. The number of aromatic nitrogens is 1. The number of methoxy groups -OCH3 is 1. The lowest BCUT2D eigenvalue weighted by Gasteiger charge is -2.11. The minimum atomic E-state index is -3.80. The number of nitrogens with zero attached hydrogens (tertiary/aromatic N) is 1. The van der Waals surface area contributed by atoms with Crippen LogP contribution >= 0.6 is 11.6 Å². The van der Waals surface area contributed by atoms with Crippen LogP contribution in [0.3, 0.4) is 0 Å². The lowest BCUT2D eigenvalue weighted by atomic mass is 10.2. The summed E-state index contributed by atoms with van der Waals surface area (Å²) < 4.78 is 46.7. The van der Waals surface area contributed by atoms with E-state index in [2.05, 4.69) is 5.32 Å². The quantitative estimate of drug-likeness (QED) is 0.396. The fourth-order valence-corrected chi connectivity index (χ4v) is 5.38. The predicted octanol–water partition coefficient (Wildman–Crippen LogP) is 5.06. The normalized spacial score (nSPS) is 11.5. The van der Waals surface area contributed by atoms with Crippen LogP contribution in [0.25, 0.3) is 10.9 Å². The Labute approximate surface area is 195 Å². The Morgan fingerprint density at radius 1 is 1.09 bits per heavy atom. The van der Waals surface area contributed by atoms with Gasteiger partial charge in [-0.3, -0.25) is 4.79 Å². The second-order valence-corrected chi connectivity index (χ2v) is 9.81. The zero-order chi connectivity index (χ0) is 23.6. The maximum absolute atomic E-state index is 13.5. The standard InChI is InChI=1S/C24H20ClFN2O4S/c1-32-22-10-9-17(25)12-20(22)27-24(29)14-28-13-23(19-7-2-3-8-21(19)28)33(30,31)15-16-5-4-6-18(26)11-16/h2-13H,14-15H2,1H3,(H,27,29). The van der Waals surface area contributed by atoms with Crippen LogP contribution < -0.4 is 10.1 Å². The van der Waals surface area contributed by atoms with Gasteiger partial charge in [-0.05, 0) is 42.0 Å². The van der Waals surface area contributed by atoms with E-state index in [4.69, 9.17) is 16.3 Å². The van der Waals surface area contributed by atoms with Gasteiger partial charge in [0.2, 0.25) is 5.91 Å². The number of hydrogen-bond acceptors (Lipinski definition) is 4. The molecule has 1 aromatic heterocycles. The van der Waals surface area contributed by atoms with Crippen LogP contribution in [-0.2, 0) is 26.9 Å². The SMILES string of the molecule is COc1ccc(Cl)cc1NC(=O)Cn1cc(S(=O)(=O)Cc2cccc(F)c2)c2ccccc21. The second kappa shape index (κ2) is 9.25. The molecule has 1 heterocycles. The molecule has 0 saturated carbocycles. The van der Waals surface area contributed by atoms with E-state index >= 15 is 0 Å². The van der Waals surface area contributed by atoms with Crippen molar-refractivity contribution in [3.63, 3.8) is 0 Å². The van der Waals surface area contributed by atoms with E-state index in [9.17, 15) is 17.6 Å². The highest BCUT2D eigenvalue weighted by molar-refractivity contribution is 7.90. The van der Waals surface area contributed by atoms with Gasteiger partial charge in [0.05, 0.1) is 23.4 Å². The Hall–Kier alpha value is -3.36. The fourth-order valence-electron chi connectivity index (χ4n) is 3.64. The average molecular weight is 487 g/mol. The summed E-state index contributed by atoms with van der Waals surface area (Å²) >= 11 is 6.02. The number of sulfone groups is 1. The molecule has 0 radical (unpaired) electrons. The summed E-state index contributed by atoms with van der Waals surface area (Å²) in [5.41, 5.74) is 1.34. The third-order valence-corrected chi connectivity index (χ3v) is 7.03. The monoisotopic (exact) mass is 486 g/mol. The molecule has 4 aromatic rings. The molecular weight excluding hydrogens is 467 g/mol. The molecule has 6 nitrogen and oxygen atoms in total. The van der Waals surface area contributed by atoms with Crippen molar-refractivity contribution >= 4 is 43.9 Å². The molecule has 0 atom stereocenters. The number of amides is 1. The van der Waals surface area contributed by atoms with Crippen molar-refractivity contribution in [1.29, 1.82) is 0 Å². The number of anilines is 1. The van der Waals surface area contributed by atoms with Crippen LogP contribution in [0.4, 0.5) is 10.1 Å².